The van der Waals surface area contributed by atoms with E-state index < -0.39 is 29.7 Å². The van der Waals surface area contributed by atoms with Crippen molar-refractivity contribution in [3.05, 3.63) is 0 Å². The van der Waals surface area contributed by atoms with Crippen LogP contribution in [-0.2, 0) is 14.4 Å². The molecule has 0 aromatic heterocycles. The van der Waals surface area contributed by atoms with Crippen LogP contribution in [0.2, 0.25) is 0 Å². The summed E-state index contributed by atoms with van der Waals surface area (Å²) in [7, 11) is 0. The SMILES string of the molecule is CC(C)(C)OC(=O)N1CCCC(ONC(=O)C2CCC3CN2C(=O)N3O)C1. The minimum absolute atomic E-state index is 0.247. The van der Waals surface area contributed by atoms with Crippen molar-refractivity contribution in [3.63, 3.8) is 0 Å². The number of hydrogen-bond donors (Lipinski definition) is 2. The fraction of sp³-hybridized carbons (Fsp3) is 0.824. The molecule has 10 nitrogen and oxygen atoms in total. The molecule has 4 amide bonds. The van der Waals surface area contributed by atoms with Crippen LogP contribution in [0, 0.1) is 0 Å². The molecule has 3 fully saturated rings. The second-order valence-electron chi connectivity index (χ2n) is 8.30. The third kappa shape index (κ3) is 4.44. The Morgan fingerprint density at radius 3 is 2.63 bits per heavy atom. The summed E-state index contributed by atoms with van der Waals surface area (Å²) in [4.78, 5) is 45.0. The van der Waals surface area contributed by atoms with Gasteiger partial charge in [0.15, 0.2) is 0 Å². The van der Waals surface area contributed by atoms with E-state index in [9.17, 15) is 19.6 Å². The number of nitrogens with zero attached hydrogens (tertiary/aromatic N) is 3. The summed E-state index contributed by atoms with van der Waals surface area (Å²) in [5.74, 6) is -0.411. The van der Waals surface area contributed by atoms with Gasteiger partial charge in [-0.05, 0) is 46.5 Å². The number of nitrogens with one attached hydrogen (secondary N) is 1. The van der Waals surface area contributed by atoms with Gasteiger partial charge in [-0.25, -0.2) is 20.1 Å². The Balaban J connectivity index is 1.49. The van der Waals surface area contributed by atoms with Crippen LogP contribution >= 0.6 is 0 Å². The summed E-state index contributed by atoms with van der Waals surface area (Å²) >= 11 is 0. The average molecular weight is 384 g/mol. The van der Waals surface area contributed by atoms with Crippen molar-refractivity contribution in [2.75, 3.05) is 19.6 Å². The van der Waals surface area contributed by atoms with Gasteiger partial charge in [-0.1, -0.05) is 0 Å². The Kier molecular flexibility index (Phi) is 5.48. The number of amides is 4. The number of piperidine rings is 2. The fourth-order valence-electron chi connectivity index (χ4n) is 3.66. The topological polar surface area (TPSA) is 112 Å². The van der Waals surface area contributed by atoms with E-state index >= 15 is 0 Å². The first-order valence-electron chi connectivity index (χ1n) is 9.38. The molecular weight excluding hydrogens is 356 g/mol. The lowest BCUT2D eigenvalue weighted by Crippen LogP contribution is -2.52. The zero-order chi connectivity index (χ0) is 19.8. The standard InChI is InChI=1S/C17H28N4O6/c1-17(2,3)26-16(24)19-8-4-5-12(10-19)27-18-14(22)13-7-6-11-9-20(13)15(23)21(11)25/h11-13,25H,4-10H2,1-3H3,(H,18,22). The first-order valence-corrected chi connectivity index (χ1v) is 9.38. The molecule has 3 heterocycles. The lowest BCUT2D eigenvalue weighted by atomic mass is 10.0. The first-order chi connectivity index (χ1) is 12.7. The second kappa shape index (κ2) is 7.51. The van der Waals surface area contributed by atoms with E-state index in [1.807, 2.05) is 20.8 Å². The van der Waals surface area contributed by atoms with Crippen molar-refractivity contribution in [1.82, 2.24) is 20.3 Å². The van der Waals surface area contributed by atoms with E-state index in [-0.39, 0.29) is 12.1 Å². The van der Waals surface area contributed by atoms with E-state index in [1.165, 1.54) is 4.90 Å². The third-order valence-corrected chi connectivity index (χ3v) is 5.00. The Morgan fingerprint density at radius 1 is 1.19 bits per heavy atom. The molecule has 3 aliphatic heterocycles. The van der Waals surface area contributed by atoms with Gasteiger partial charge in [0.25, 0.3) is 5.91 Å². The molecule has 3 aliphatic rings. The highest BCUT2D eigenvalue weighted by molar-refractivity contribution is 5.87. The van der Waals surface area contributed by atoms with E-state index in [1.54, 1.807) is 4.90 Å². The van der Waals surface area contributed by atoms with Gasteiger partial charge >= 0.3 is 12.1 Å². The molecule has 27 heavy (non-hydrogen) atoms. The van der Waals surface area contributed by atoms with Gasteiger partial charge in [0.1, 0.15) is 17.7 Å². The van der Waals surface area contributed by atoms with Gasteiger partial charge < -0.3 is 14.5 Å². The predicted octanol–water partition coefficient (Wildman–Crippen LogP) is 1.09. The summed E-state index contributed by atoms with van der Waals surface area (Å²) < 4.78 is 5.37. The van der Waals surface area contributed by atoms with Crippen molar-refractivity contribution in [2.45, 2.75) is 70.2 Å². The molecule has 3 saturated heterocycles. The van der Waals surface area contributed by atoms with Crippen LogP contribution in [0.15, 0.2) is 0 Å². The molecule has 3 atom stereocenters. The zero-order valence-corrected chi connectivity index (χ0v) is 16.0. The number of fused-ring (bicyclic) bond motifs is 2. The van der Waals surface area contributed by atoms with Crippen LogP contribution in [0.5, 0.6) is 0 Å². The molecule has 3 unspecified atom stereocenters. The smallest absolute Gasteiger partial charge is 0.410 e. The minimum atomic E-state index is -0.656. The molecule has 0 saturated carbocycles. The first kappa shape index (κ1) is 19.7. The van der Waals surface area contributed by atoms with Crippen molar-refractivity contribution in [3.8, 4) is 0 Å². The summed E-state index contributed by atoms with van der Waals surface area (Å²) in [6.07, 6.45) is 1.75. The van der Waals surface area contributed by atoms with Crippen LogP contribution in [0.25, 0.3) is 0 Å². The Morgan fingerprint density at radius 2 is 1.93 bits per heavy atom. The Bertz CT molecular complexity index is 607. The zero-order valence-electron chi connectivity index (χ0n) is 16.0. The maximum absolute atomic E-state index is 12.4. The molecule has 0 aliphatic carbocycles. The highest BCUT2D eigenvalue weighted by Gasteiger charge is 2.47. The maximum Gasteiger partial charge on any atom is 0.410 e. The van der Waals surface area contributed by atoms with Gasteiger partial charge in [-0.15, -0.1) is 0 Å². The Labute approximate surface area is 158 Å². The molecule has 0 radical (unpaired) electrons. The van der Waals surface area contributed by atoms with E-state index in [0.29, 0.717) is 44.0 Å². The summed E-state index contributed by atoms with van der Waals surface area (Å²) in [6, 6.07) is -1.45. The van der Waals surface area contributed by atoms with Crippen molar-refractivity contribution < 1.29 is 29.2 Å². The quantitative estimate of drug-likeness (QED) is 0.557. The molecule has 152 valence electrons. The van der Waals surface area contributed by atoms with Crippen LogP contribution in [0.4, 0.5) is 9.59 Å². The highest BCUT2D eigenvalue weighted by Crippen LogP contribution is 2.28. The van der Waals surface area contributed by atoms with Crippen LogP contribution in [0.3, 0.4) is 0 Å². The number of urea groups is 1. The van der Waals surface area contributed by atoms with E-state index in [0.717, 1.165) is 6.42 Å². The van der Waals surface area contributed by atoms with Crippen LogP contribution in [0.1, 0.15) is 46.5 Å². The molecule has 2 N–H and O–H groups in total. The summed E-state index contributed by atoms with van der Waals surface area (Å²) in [6.45, 7) is 6.68. The Hall–Kier alpha value is -2.07. The number of carbonyl (C=O) groups is 3. The molecule has 10 heteroatoms. The van der Waals surface area contributed by atoms with Gasteiger partial charge in [-0.3, -0.25) is 14.8 Å². The minimum Gasteiger partial charge on any atom is -0.444 e. The number of rotatable bonds is 3. The van der Waals surface area contributed by atoms with Gasteiger partial charge in [0, 0.05) is 13.1 Å². The van der Waals surface area contributed by atoms with Crippen molar-refractivity contribution >= 4 is 18.0 Å². The summed E-state index contributed by atoms with van der Waals surface area (Å²) in [5, 5.41) is 10.4. The third-order valence-electron chi connectivity index (χ3n) is 5.00. The molecule has 0 spiro atoms. The molecule has 3 rings (SSSR count). The fourth-order valence-corrected chi connectivity index (χ4v) is 3.66. The lowest BCUT2D eigenvalue weighted by molar-refractivity contribution is -0.146. The number of hydrogen-bond acceptors (Lipinski definition) is 6. The van der Waals surface area contributed by atoms with Crippen molar-refractivity contribution in [1.29, 1.82) is 0 Å². The molecule has 2 bridgehead atoms. The lowest BCUT2D eigenvalue weighted by Gasteiger charge is -2.34. The number of ether oxygens (including phenoxy) is 1. The largest absolute Gasteiger partial charge is 0.444 e. The van der Waals surface area contributed by atoms with Gasteiger partial charge in [-0.2, -0.15) is 0 Å². The second-order valence-corrected chi connectivity index (χ2v) is 8.30. The molecule has 0 aromatic carbocycles. The predicted molar refractivity (Wildman–Crippen MR) is 92.6 cm³/mol. The van der Waals surface area contributed by atoms with Crippen molar-refractivity contribution in [2.24, 2.45) is 0 Å². The average Bonchev–Trinajstić information content (AvgIpc) is 2.83. The van der Waals surface area contributed by atoms with Gasteiger partial charge in [0.2, 0.25) is 0 Å². The monoisotopic (exact) mass is 384 g/mol. The van der Waals surface area contributed by atoms with Gasteiger partial charge in [0.05, 0.1) is 12.6 Å². The number of likely N-dealkylation sites (tertiary alicyclic amines) is 1. The molecular formula is C17H28N4O6. The normalized spacial score (nSPS) is 28.4. The van der Waals surface area contributed by atoms with E-state index in [2.05, 4.69) is 5.48 Å². The maximum atomic E-state index is 12.4. The molecule has 0 aromatic rings. The highest BCUT2D eigenvalue weighted by atomic mass is 16.7. The number of carbonyl (C=O) groups excluding carboxylic acids is 3. The van der Waals surface area contributed by atoms with E-state index in [4.69, 9.17) is 9.57 Å². The summed E-state index contributed by atoms with van der Waals surface area (Å²) in [5.41, 5.74) is 1.87. The van der Waals surface area contributed by atoms with Crippen LogP contribution in [-0.4, -0.2) is 81.5 Å². The van der Waals surface area contributed by atoms with Crippen LogP contribution < -0.4 is 5.48 Å². The number of hydroxylamine groups is 3.